The molecule has 2 aromatic carbocycles. The summed E-state index contributed by atoms with van der Waals surface area (Å²) in [6.07, 6.45) is 5.99. The van der Waals surface area contributed by atoms with Crippen LogP contribution in [0, 0.1) is 12.3 Å². The zero-order valence-corrected chi connectivity index (χ0v) is 15.8. The van der Waals surface area contributed by atoms with Gasteiger partial charge in [0.2, 0.25) is 0 Å². The molecule has 0 spiro atoms. The Morgan fingerprint density at radius 2 is 2.00 bits per heavy atom. The van der Waals surface area contributed by atoms with Gasteiger partial charge in [-0.25, -0.2) is 4.98 Å². The van der Waals surface area contributed by atoms with Gasteiger partial charge in [0.25, 0.3) is 11.8 Å². The Morgan fingerprint density at radius 1 is 1.21 bits per heavy atom. The number of carbonyl (C=O) groups is 2. The van der Waals surface area contributed by atoms with Crippen LogP contribution in [0.5, 0.6) is 0 Å². The lowest BCUT2D eigenvalue weighted by Gasteiger charge is -2.09. The van der Waals surface area contributed by atoms with Crippen LogP contribution in [0.3, 0.4) is 0 Å². The highest BCUT2D eigenvalue weighted by Crippen LogP contribution is 2.29. The van der Waals surface area contributed by atoms with Crippen LogP contribution in [0.1, 0.15) is 37.0 Å². The van der Waals surface area contributed by atoms with Crippen LogP contribution in [0.15, 0.2) is 47.8 Å². The maximum Gasteiger partial charge on any atom is 0.270 e. The first-order valence-electron chi connectivity index (χ1n) is 8.85. The molecule has 1 aromatic heterocycles. The minimum atomic E-state index is -0.216. The Kier molecular flexibility index (Phi) is 4.92. The van der Waals surface area contributed by atoms with Gasteiger partial charge >= 0.3 is 0 Å². The fourth-order valence-electron chi connectivity index (χ4n) is 3.23. The molecule has 0 unspecified atom stereocenters. The van der Waals surface area contributed by atoms with Gasteiger partial charge in [-0.15, -0.1) is 17.8 Å². The number of hydrogen-bond acceptors (Lipinski definition) is 4. The van der Waals surface area contributed by atoms with Gasteiger partial charge in [-0.05, 0) is 40.7 Å². The smallest absolute Gasteiger partial charge is 0.270 e. The average Bonchev–Trinajstić information content (AvgIpc) is 3.36. The van der Waals surface area contributed by atoms with Crippen molar-refractivity contribution in [3.63, 3.8) is 0 Å². The monoisotopic (exact) mass is 387 g/mol. The van der Waals surface area contributed by atoms with Crippen molar-refractivity contribution in [2.24, 2.45) is 0 Å². The molecule has 28 heavy (non-hydrogen) atoms. The van der Waals surface area contributed by atoms with Gasteiger partial charge in [0.1, 0.15) is 5.69 Å². The maximum absolute atomic E-state index is 12.1. The summed E-state index contributed by atoms with van der Waals surface area (Å²) >= 11 is 1.28. The topological polar surface area (TPSA) is 71.1 Å². The molecule has 3 aromatic rings. The van der Waals surface area contributed by atoms with Crippen molar-refractivity contribution in [2.75, 3.05) is 6.54 Å². The number of rotatable bonds is 5. The average molecular weight is 387 g/mol. The zero-order valence-electron chi connectivity index (χ0n) is 15.0. The molecule has 0 radical (unpaired) electrons. The first-order chi connectivity index (χ1) is 13.7. The Morgan fingerprint density at radius 3 is 2.75 bits per heavy atom. The predicted octanol–water partition coefficient (Wildman–Crippen LogP) is 3.01. The van der Waals surface area contributed by atoms with Gasteiger partial charge in [-0.2, -0.15) is 0 Å². The third kappa shape index (κ3) is 3.53. The SMILES string of the molecule is C#Cc1nc(C(=O)NCCc2ccc(-c3cccc4c3CNC4=O)cc2)cs1. The van der Waals surface area contributed by atoms with Crippen LogP contribution >= 0.6 is 11.3 Å². The van der Waals surface area contributed by atoms with E-state index in [0.717, 1.165) is 27.8 Å². The Balaban J connectivity index is 1.39. The van der Waals surface area contributed by atoms with Gasteiger partial charge in [0, 0.05) is 24.0 Å². The minimum Gasteiger partial charge on any atom is -0.350 e. The molecule has 0 bridgehead atoms. The molecule has 2 heterocycles. The summed E-state index contributed by atoms with van der Waals surface area (Å²) < 4.78 is 0. The molecule has 2 N–H and O–H groups in total. The Hall–Kier alpha value is -3.43. The van der Waals surface area contributed by atoms with Crippen molar-refractivity contribution in [1.82, 2.24) is 15.6 Å². The fourth-order valence-corrected chi connectivity index (χ4v) is 3.83. The molecule has 2 amide bonds. The largest absolute Gasteiger partial charge is 0.350 e. The Labute approximate surface area is 166 Å². The molecule has 0 atom stereocenters. The Bertz CT molecular complexity index is 1090. The van der Waals surface area contributed by atoms with Crippen molar-refractivity contribution in [1.29, 1.82) is 0 Å². The first-order valence-corrected chi connectivity index (χ1v) is 9.73. The highest BCUT2D eigenvalue weighted by Gasteiger charge is 2.21. The number of amides is 2. The number of nitrogens with zero attached hydrogens (tertiary/aromatic N) is 1. The molecule has 0 fully saturated rings. The second-order valence-corrected chi connectivity index (χ2v) is 7.26. The molecular weight excluding hydrogens is 370 g/mol. The van der Waals surface area contributed by atoms with Crippen LogP contribution in [-0.2, 0) is 13.0 Å². The van der Waals surface area contributed by atoms with Crippen LogP contribution in [-0.4, -0.2) is 23.3 Å². The van der Waals surface area contributed by atoms with Gasteiger partial charge in [-0.3, -0.25) is 9.59 Å². The van der Waals surface area contributed by atoms with E-state index in [-0.39, 0.29) is 11.8 Å². The number of nitrogens with one attached hydrogen (secondary N) is 2. The summed E-state index contributed by atoms with van der Waals surface area (Å²) in [6.45, 7) is 1.08. The first kappa shape index (κ1) is 18.0. The van der Waals surface area contributed by atoms with E-state index in [1.165, 1.54) is 11.3 Å². The summed E-state index contributed by atoms with van der Waals surface area (Å²) in [5, 5.41) is 7.90. The van der Waals surface area contributed by atoms with Crippen molar-refractivity contribution in [3.8, 4) is 23.5 Å². The molecule has 0 saturated carbocycles. The second kappa shape index (κ2) is 7.67. The van der Waals surface area contributed by atoms with E-state index in [0.29, 0.717) is 30.2 Å². The number of thiazole rings is 1. The minimum absolute atomic E-state index is 0.0151. The predicted molar refractivity (Wildman–Crippen MR) is 109 cm³/mol. The van der Waals surface area contributed by atoms with Crippen LogP contribution in [0.4, 0.5) is 0 Å². The van der Waals surface area contributed by atoms with Crippen molar-refractivity contribution >= 4 is 23.2 Å². The van der Waals surface area contributed by atoms with Crippen LogP contribution < -0.4 is 10.6 Å². The quantitative estimate of drug-likeness (QED) is 0.661. The number of terminal acetylenes is 1. The van der Waals surface area contributed by atoms with E-state index in [4.69, 9.17) is 6.42 Å². The number of benzene rings is 2. The van der Waals surface area contributed by atoms with E-state index in [1.807, 2.05) is 30.3 Å². The summed E-state index contributed by atoms with van der Waals surface area (Å²) in [5.41, 5.74) is 5.42. The van der Waals surface area contributed by atoms with Crippen LogP contribution in [0.25, 0.3) is 11.1 Å². The molecule has 0 aliphatic carbocycles. The molecule has 4 rings (SSSR count). The third-order valence-corrected chi connectivity index (χ3v) is 5.44. The van der Waals surface area contributed by atoms with E-state index < -0.39 is 0 Å². The summed E-state index contributed by atoms with van der Waals surface area (Å²) in [6, 6.07) is 14.0. The second-order valence-electron chi connectivity index (χ2n) is 6.40. The lowest BCUT2D eigenvalue weighted by Crippen LogP contribution is -2.25. The summed E-state index contributed by atoms with van der Waals surface area (Å²) in [4.78, 5) is 28.0. The van der Waals surface area contributed by atoms with E-state index >= 15 is 0 Å². The molecule has 138 valence electrons. The maximum atomic E-state index is 12.1. The van der Waals surface area contributed by atoms with Gasteiger partial charge in [0.05, 0.1) is 0 Å². The van der Waals surface area contributed by atoms with Crippen molar-refractivity contribution in [3.05, 3.63) is 75.2 Å². The van der Waals surface area contributed by atoms with E-state index in [9.17, 15) is 9.59 Å². The number of hydrogen-bond donors (Lipinski definition) is 2. The van der Waals surface area contributed by atoms with E-state index in [2.05, 4.69) is 33.7 Å². The molecule has 0 saturated heterocycles. The lowest BCUT2D eigenvalue weighted by molar-refractivity contribution is 0.0946. The van der Waals surface area contributed by atoms with Gasteiger partial charge in [-0.1, -0.05) is 36.4 Å². The van der Waals surface area contributed by atoms with Gasteiger partial charge in [0.15, 0.2) is 5.01 Å². The normalized spacial score (nSPS) is 12.2. The fraction of sp³-hybridized carbons (Fsp3) is 0.136. The standard InChI is InChI=1S/C22H17N3O2S/c1-2-20-25-19(13-28-20)22(27)23-11-10-14-6-8-15(9-7-14)16-4-3-5-17-18(16)12-24-21(17)26/h1,3-9,13H,10-12H2,(H,23,27)(H,24,26). The van der Waals surface area contributed by atoms with Crippen LogP contribution in [0.2, 0.25) is 0 Å². The molecule has 6 heteroatoms. The third-order valence-electron chi connectivity index (χ3n) is 4.67. The van der Waals surface area contributed by atoms with E-state index in [1.54, 1.807) is 5.38 Å². The molecular formula is C22H17N3O2S. The molecule has 1 aliphatic rings. The summed E-state index contributed by atoms with van der Waals surface area (Å²) in [5.74, 6) is 2.19. The molecule has 5 nitrogen and oxygen atoms in total. The van der Waals surface area contributed by atoms with Crippen molar-refractivity contribution in [2.45, 2.75) is 13.0 Å². The molecule has 1 aliphatic heterocycles. The highest BCUT2D eigenvalue weighted by atomic mass is 32.1. The number of fused-ring (bicyclic) bond motifs is 1. The zero-order chi connectivity index (χ0) is 19.5. The highest BCUT2D eigenvalue weighted by molar-refractivity contribution is 7.10. The lowest BCUT2D eigenvalue weighted by atomic mass is 9.96. The number of carbonyl (C=O) groups excluding carboxylic acids is 2. The number of aromatic nitrogens is 1. The summed E-state index contributed by atoms with van der Waals surface area (Å²) in [7, 11) is 0. The van der Waals surface area contributed by atoms with Crippen molar-refractivity contribution < 1.29 is 9.59 Å². The van der Waals surface area contributed by atoms with Gasteiger partial charge < -0.3 is 10.6 Å².